The van der Waals surface area contributed by atoms with E-state index in [0.717, 1.165) is 5.56 Å². The van der Waals surface area contributed by atoms with E-state index in [1.54, 1.807) is 42.5 Å². The molecule has 0 aromatic heterocycles. The number of nitrogens with two attached hydrogens (primary N) is 1. The number of hydrogen-bond donors (Lipinski definition) is 2. The Hall–Kier alpha value is -3.06. The highest BCUT2D eigenvalue weighted by Gasteiger charge is 2.27. The Morgan fingerprint density at radius 1 is 1.19 bits per heavy atom. The van der Waals surface area contributed by atoms with E-state index in [9.17, 15) is 14.4 Å². The second kappa shape index (κ2) is 7.45. The number of nitrogens with one attached hydrogen (secondary N) is 1. The molecule has 0 fully saturated rings. The van der Waals surface area contributed by atoms with Crippen molar-refractivity contribution in [2.24, 2.45) is 5.73 Å². The Morgan fingerprint density at radius 3 is 2.62 bits per heavy atom. The standard InChI is InChI=1S/C18H16ClN3O4/c19-13-5-6-15-14(7-13)22(17(24)10-26-15)9-16(23)21-8-11-1-3-12(4-2-11)18(20)25/h1-7H,8-10H2,(H2,20,25)(H,21,23). The van der Waals surface area contributed by atoms with Gasteiger partial charge in [-0.2, -0.15) is 0 Å². The van der Waals surface area contributed by atoms with Gasteiger partial charge in [-0.15, -0.1) is 0 Å². The van der Waals surface area contributed by atoms with Crippen LogP contribution >= 0.6 is 11.6 Å². The number of rotatable bonds is 5. The molecule has 1 heterocycles. The lowest BCUT2D eigenvalue weighted by molar-refractivity contribution is -0.125. The van der Waals surface area contributed by atoms with Crippen LogP contribution in [-0.4, -0.2) is 30.9 Å². The van der Waals surface area contributed by atoms with E-state index in [4.69, 9.17) is 22.1 Å². The average Bonchev–Trinajstić information content (AvgIpc) is 2.63. The van der Waals surface area contributed by atoms with Gasteiger partial charge in [0.15, 0.2) is 6.61 Å². The van der Waals surface area contributed by atoms with E-state index in [2.05, 4.69) is 5.32 Å². The summed E-state index contributed by atoms with van der Waals surface area (Å²) in [5, 5.41) is 3.18. The second-order valence-electron chi connectivity index (χ2n) is 5.72. The van der Waals surface area contributed by atoms with Crippen molar-refractivity contribution in [1.29, 1.82) is 0 Å². The van der Waals surface area contributed by atoms with Crippen LogP contribution < -0.4 is 20.7 Å². The monoisotopic (exact) mass is 373 g/mol. The zero-order valence-electron chi connectivity index (χ0n) is 13.7. The third-order valence-electron chi connectivity index (χ3n) is 3.89. The van der Waals surface area contributed by atoms with Crippen molar-refractivity contribution in [2.75, 3.05) is 18.1 Å². The molecule has 1 aliphatic rings. The van der Waals surface area contributed by atoms with Crippen LogP contribution in [-0.2, 0) is 16.1 Å². The Morgan fingerprint density at radius 2 is 1.92 bits per heavy atom. The van der Waals surface area contributed by atoms with Gasteiger partial charge < -0.3 is 15.8 Å². The summed E-state index contributed by atoms with van der Waals surface area (Å²) in [6.45, 7) is -0.00972. The number of nitrogens with zero attached hydrogens (tertiary/aromatic N) is 1. The first-order valence-electron chi connectivity index (χ1n) is 7.82. The number of anilines is 1. The zero-order valence-corrected chi connectivity index (χ0v) is 14.5. The molecule has 0 saturated carbocycles. The zero-order chi connectivity index (χ0) is 18.7. The van der Waals surface area contributed by atoms with Crippen LogP contribution in [0.15, 0.2) is 42.5 Å². The molecule has 2 aromatic rings. The predicted molar refractivity (Wildman–Crippen MR) is 96.1 cm³/mol. The van der Waals surface area contributed by atoms with Crippen LogP contribution in [0.3, 0.4) is 0 Å². The first-order valence-corrected chi connectivity index (χ1v) is 8.20. The number of amides is 3. The molecule has 8 heteroatoms. The summed E-state index contributed by atoms with van der Waals surface area (Å²) in [5.74, 6) is -0.654. The summed E-state index contributed by atoms with van der Waals surface area (Å²) in [7, 11) is 0. The molecular formula is C18H16ClN3O4. The molecule has 2 aromatic carbocycles. The molecular weight excluding hydrogens is 358 g/mol. The van der Waals surface area contributed by atoms with Crippen LogP contribution in [0.25, 0.3) is 0 Å². The fourth-order valence-electron chi connectivity index (χ4n) is 2.54. The Bertz CT molecular complexity index is 867. The summed E-state index contributed by atoms with van der Waals surface area (Å²) in [4.78, 5) is 36.8. The largest absolute Gasteiger partial charge is 0.482 e. The molecule has 0 bridgehead atoms. The van der Waals surface area contributed by atoms with E-state index in [0.29, 0.717) is 22.0 Å². The summed E-state index contributed by atoms with van der Waals surface area (Å²) in [6, 6.07) is 11.5. The average molecular weight is 374 g/mol. The van der Waals surface area contributed by atoms with Gasteiger partial charge in [0, 0.05) is 17.1 Å². The highest BCUT2D eigenvalue weighted by Crippen LogP contribution is 2.34. The van der Waals surface area contributed by atoms with Crippen LogP contribution in [0.5, 0.6) is 5.75 Å². The van der Waals surface area contributed by atoms with Gasteiger partial charge in [0.25, 0.3) is 5.91 Å². The number of benzene rings is 2. The smallest absolute Gasteiger partial charge is 0.265 e. The van der Waals surface area contributed by atoms with E-state index < -0.39 is 5.91 Å². The van der Waals surface area contributed by atoms with E-state index in [-0.39, 0.29) is 31.5 Å². The lowest BCUT2D eigenvalue weighted by Crippen LogP contribution is -2.45. The van der Waals surface area contributed by atoms with Gasteiger partial charge in [-0.3, -0.25) is 19.3 Å². The van der Waals surface area contributed by atoms with Crippen LogP contribution in [0.2, 0.25) is 5.02 Å². The second-order valence-corrected chi connectivity index (χ2v) is 6.15. The first-order chi connectivity index (χ1) is 12.4. The van der Waals surface area contributed by atoms with Gasteiger partial charge in [0.2, 0.25) is 11.8 Å². The molecule has 26 heavy (non-hydrogen) atoms. The highest BCUT2D eigenvalue weighted by atomic mass is 35.5. The van der Waals surface area contributed by atoms with E-state index in [1.165, 1.54) is 4.90 Å². The normalized spacial score (nSPS) is 13.0. The van der Waals surface area contributed by atoms with Crippen molar-refractivity contribution < 1.29 is 19.1 Å². The van der Waals surface area contributed by atoms with Crippen molar-refractivity contribution in [3.8, 4) is 5.75 Å². The molecule has 3 amide bonds. The maximum atomic E-state index is 12.2. The maximum Gasteiger partial charge on any atom is 0.265 e. The molecule has 3 rings (SSSR count). The molecule has 1 aliphatic heterocycles. The van der Waals surface area contributed by atoms with Crippen molar-refractivity contribution in [1.82, 2.24) is 5.32 Å². The van der Waals surface area contributed by atoms with Crippen molar-refractivity contribution in [2.45, 2.75) is 6.54 Å². The van der Waals surface area contributed by atoms with Gasteiger partial charge in [-0.05, 0) is 35.9 Å². The summed E-state index contributed by atoms with van der Waals surface area (Å²) >= 11 is 5.98. The van der Waals surface area contributed by atoms with E-state index >= 15 is 0 Å². The molecule has 134 valence electrons. The Kier molecular flexibility index (Phi) is 5.09. The Balaban J connectivity index is 1.64. The summed E-state index contributed by atoms with van der Waals surface area (Å²) < 4.78 is 5.34. The lowest BCUT2D eigenvalue weighted by atomic mass is 10.1. The predicted octanol–water partition coefficient (Wildman–Crippen LogP) is 1.48. The minimum absolute atomic E-state index is 0.128. The van der Waals surface area contributed by atoms with Gasteiger partial charge >= 0.3 is 0 Å². The minimum atomic E-state index is -0.510. The molecule has 0 spiro atoms. The third-order valence-corrected chi connectivity index (χ3v) is 4.13. The number of carbonyl (C=O) groups is 3. The SMILES string of the molecule is NC(=O)c1ccc(CNC(=O)CN2C(=O)COc3ccc(Cl)cc32)cc1. The van der Waals surface area contributed by atoms with E-state index in [1.807, 2.05) is 0 Å². The molecule has 0 aliphatic carbocycles. The van der Waals surface area contributed by atoms with Gasteiger partial charge in [-0.25, -0.2) is 0 Å². The molecule has 0 radical (unpaired) electrons. The van der Waals surface area contributed by atoms with Crippen molar-refractivity contribution in [3.63, 3.8) is 0 Å². The van der Waals surface area contributed by atoms with Crippen LogP contribution in [0.4, 0.5) is 5.69 Å². The number of halogens is 1. The molecule has 3 N–H and O–H groups in total. The topological polar surface area (TPSA) is 102 Å². The number of primary amides is 1. The fraction of sp³-hybridized carbons (Fsp3) is 0.167. The first kappa shape index (κ1) is 17.8. The van der Waals surface area contributed by atoms with Gasteiger partial charge in [-0.1, -0.05) is 23.7 Å². The number of ether oxygens (including phenoxy) is 1. The lowest BCUT2D eigenvalue weighted by Gasteiger charge is -2.29. The summed E-state index contributed by atoms with van der Waals surface area (Å²) in [5.41, 5.74) is 6.86. The van der Waals surface area contributed by atoms with Gasteiger partial charge in [0.05, 0.1) is 5.69 Å². The fourth-order valence-corrected chi connectivity index (χ4v) is 2.70. The summed E-state index contributed by atoms with van der Waals surface area (Å²) in [6.07, 6.45) is 0. The number of fused-ring (bicyclic) bond motifs is 1. The molecule has 7 nitrogen and oxygen atoms in total. The Labute approximate surface area is 154 Å². The molecule has 0 unspecified atom stereocenters. The maximum absolute atomic E-state index is 12.2. The van der Waals surface area contributed by atoms with Crippen molar-refractivity contribution >= 4 is 35.0 Å². The molecule has 0 atom stereocenters. The number of hydrogen-bond acceptors (Lipinski definition) is 4. The third kappa shape index (κ3) is 3.94. The number of carbonyl (C=O) groups excluding carboxylic acids is 3. The molecule has 0 saturated heterocycles. The highest BCUT2D eigenvalue weighted by molar-refractivity contribution is 6.31. The quantitative estimate of drug-likeness (QED) is 0.828. The van der Waals surface area contributed by atoms with Gasteiger partial charge in [0.1, 0.15) is 12.3 Å². The van der Waals surface area contributed by atoms with Crippen molar-refractivity contribution in [3.05, 3.63) is 58.6 Å². The minimum Gasteiger partial charge on any atom is -0.482 e. The van der Waals surface area contributed by atoms with Crippen LogP contribution in [0, 0.1) is 0 Å². The van der Waals surface area contributed by atoms with Crippen LogP contribution in [0.1, 0.15) is 15.9 Å².